The van der Waals surface area contributed by atoms with Crippen LogP contribution in [-0.4, -0.2) is 28.1 Å². The van der Waals surface area contributed by atoms with Crippen molar-refractivity contribution in [3.63, 3.8) is 0 Å². The van der Waals surface area contributed by atoms with E-state index in [0.717, 1.165) is 29.1 Å². The number of fused-ring (bicyclic) bond motifs is 1. The number of benzene rings is 2. The number of carbonyl (C=O) groups excluding carboxylic acids is 2. The van der Waals surface area contributed by atoms with Crippen LogP contribution in [0.1, 0.15) is 53.4 Å². The van der Waals surface area contributed by atoms with Crippen molar-refractivity contribution in [2.75, 3.05) is 11.9 Å². The van der Waals surface area contributed by atoms with Gasteiger partial charge in [-0.15, -0.1) is 0 Å². The van der Waals surface area contributed by atoms with E-state index in [-0.39, 0.29) is 18.1 Å². The number of rotatable bonds is 6. The van der Waals surface area contributed by atoms with Gasteiger partial charge in [-0.1, -0.05) is 19.1 Å². The lowest BCUT2D eigenvalue weighted by atomic mass is 9.85. The lowest BCUT2D eigenvalue weighted by Crippen LogP contribution is -2.28. The number of hydrogen-bond donors (Lipinski definition) is 1. The summed E-state index contributed by atoms with van der Waals surface area (Å²) in [5.74, 6) is 0.478. The molecule has 0 saturated carbocycles. The second-order valence-electron chi connectivity index (χ2n) is 7.41. The number of aromatic nitrogens is 2. The molecule has 1 amide bonds. The zero-order chi connectivity index (χ0) is 21.3. The lowest BCUT2D eigenvalue weighted by Gasteiger charge is -2.23. The molecule has 1 atom stereocenters. The molecular weight excluding hydrogens is 378 g/mol. The summed E-state index contributed by atoms with van der Waals surface area (Å²) in [6, 6.07) is 15.1. The van der Waals surface area contributed by atoms with Crippen molar-refractivity contribution in [1.82, 2.24) is 9.78 Å². The molecule has 2 aromatic carbocycles. The van der Waals surface area contributed by atoms with Gasteiger partial charge < -0.3 is 10.1 Å². The number of Topliss-reactive ketones (excluding diaryl/α,β-unsaturated/α-hetero) is 1. The molecule has 2 heterocycles. The molecule has 0 aliphatic carbocycles. The van der Waals surface area contributed by atoms with Gasteiger partial charge in [0.1, 0.15) is 11.6 Å². The molecule has 1 aliphatic rings. The average Bonchev–Trinajstić information content (AvgIpc) is 3.09. The molecule has 30 heavy (non-hydrogen) atoms. The third-order valence-electron chi connectivity index (χ3n) is 5.43. The maximum absolute atomic E-state index is 13.3. The van der Waals surface area contributed by atoms with Crippen LogP contribution in [0.3, 0.4) is 0 Å². The zero-order valence-corrected chi connectivity index (χ0v) is 17.4. The zero-order valence-electron chi connectivity index (χ0n) is 17.4. The number of nitrogens with zero attached hydrogens (tertiary/aromatic N) is 2. The van der Waals surface area contributed by atoms with Gasteiger partial charge in [-0.05, 0) is 62.2 Å². The first-order chi connectivity index (χ1) is 14.5. The Balaban J connectivity index is 1.74. The Morgan fingerprint density at radius 1 is 1.20 bits per heavy atom. The van der Waals surface area contributed by atoms with E-state index in [2.05, 4.69) is 29.5 Å². The fourth-order valence-electron chi connectivity index (χ4n) is 3.95. The Bertz CT molecular complexity index is 1100. The Morgan fingerprint density at radius 3 is 2.67 bits per heavy atom. The molecule has 0 spiro atoms. The number of nitrogens with one attached hydrogen (secondary N) is 1. The topological polar surface area (TPSA) is 73.2 Å². The molecule has 1 aliphatic heterocycles. The summed E-state index contributed by atoms with van der Waals surface area (Å²) in [6.07, 6.45) is 1.02. The number of hydrogen-bond acceptors (Lipinski definition) is 4. The summed E-state index contributed by atoms with van der Waals surface area (Å²) >= 11 is 0. The van der Waals surface area contributed by atoms with E-state index in [1.54, 1.807) is 28.9 Å². The highest BCUT2D eigenvalue weighted by Gasteiger charge is 2.36. The van der Waals surface area contributed by atoms with Crippen molar-refractivity contribution < 1.29 is 14.3 Å². The average molecular weight is 403 g/mol. The van der Waals surface area contributed by atoms with Crippen LogP contribution in [0.4, 0.5) is 5.82 Å². The number of amides is 1. The summed E-state index contributed by atoms with van der Waals surface area (Å²) in [4.78, 5) is 25.8. The van der Waals surface area contributed by atoms with E-state index in [9.17, 15) is 9.59 Å². The van der Waals surface area contributed by atoms with Gasteiger partial charge in [0.05, 0.1) is 23.9 Å². The van der Waals surface area contributed by atoms with Crippen LogP contribution >= 0.6 is 0 Å². The third kappa shape index (κ3) is 3.61. The molecular formula is C24H25N3O3. The summed E-state index contributed by atoms with van der Waals surface area (Å²) in [5, 5.41) is 7.60. The van der Waals surface area contributed by atoms with Gasteiger partial charge in [-0.25, -0.2) is 4.68 Å². The second-order valence-corrected chi connectivity index (χ2v) is 7.41. The molecule has 154 valence electrons. The van der Waals surface area contributed by atoms with Gasteiger partial charge in [-0.2, -0.15) is 5.10 Å². The first kappa shape index (κ1) is 19.9. The first-order valence-corrected chi connectivity index (χ1v) is 10.3. The summed E-state index contributed by atoms with van der Waals surface area (Å²) in [6.45, 7) is 6.46. The van der Waals surface area contributed by atoms with Gasteiger partial charge in [0, 0.05) is 17.5 Å². The standard InChI is InChI=1S/C24H25N3O3/c1-4-16-7-6-8-18(13-16)27-24-22(15(3)26-27)20(14-21(28)25-24)23(29)17-9-11-19(12-10-17)30-5-2/h6-13,20H,4-5,14H2,1-3H3,(H,25,28)/t20-/m1/s1. The van der Waals surface area contributed by atoms with Gasteiger partial charge in [-0.3, -0.25) is 9.59 Å². The minimum Gasteiger partial charge on any atom is -0.494 e. The molecule has 6 heteroatoms. The van der Waals surface area contributed by atoms with Crippen LogP contribution in [-0.2, 0) is 11.2 Å². The van der Waals surface area contributed by atoms with Crippen LogP contribution in [0, 0.1) is 6.92 Å². The molecule has 1 aromatic heterocycles. The van der Waals surface area contributed by atoms with E-state index in [4.69, 9.17) is 4.74 Å². The molecule has 6 nitrogen and oxygen atoms in total. The Hall–Kier alpha value is -3.41. The minimum atomic E-state index is -0.560. The van der Waals surface area contributed by atoms with Crippen molar-refractivity contribution in [2.45, 2.75) is 39.5 Å². The van der Waals surface area contributed by atoms with E-state index >= 15 is 0 Å². The quantitative estimate of drug-likeness (QED) is 0.617. The summed E-state index contributed by atoms with van der Waals surface area (Å²) in [7, 11) is 0. The van der Waals surface area contributed by atoms with Crippen molar-refractivity contribution in [1.29, 1.82) is 0 Å². The summed E-state index contributed by atoms with van der Waals surface area (Å²) < 4.78 is 7.20. The van der Waals surface area contributed by atoms with Crippen LogP contribution in [0.15, 0.2) is 48.5 Å². The second kappa shape index (κ2) is 8.14. The first-order valence-electron chi connectivity index (χ1n) is 10.3. The molecule has 0 fully saturated rings. The maximum Gasteiger partial charge on any atom is 0.226 e. The van der Waals surface area contributed by atoms with Crippen LogP contribution < -0.4 is 10.1 Å². The third-order valence-corrected chi connectivity index (χ3v) is 5.43. The number of aryl methyl sites for hydroxylation is 2. The van der Waals surface area contributed by atoms with Crippen LogP contribution in [0.5, 0.6) is 5.75 Å². The molecule has 0 saturated heterocycles. The normalized spacial score (nSPS) is 15.4. The monoisotopic (exact) mass is 403 g/mol. The number of anilines is 1. The highest BCUT2D eigenvalue weighted by Crippen LogP contribution is 2.38. The predicted molar refractivity (Wildman–Crippen MR) is 116 cm³/mol. The van der Waals surface area contributed by atoms with Gasteiger partial charge in [0.15, 0.2) is 5.78 Å². The fourth-order valence-corrected chi connectivity index (χ4v) is 3.95. The fraction of sp³-hybridized carbons (Fsp3) is 0.292. The number of ether oxygens (including phenoxy) is 1. The van der Waals surface area contributed by atoms with Gasteiger partial charge >= 0.3 is 0 Å². The van der Waals surface area contributed by atoms with Crippen molar-refractivity contribution >= 4 is 17.5 Å². The minimum absolute atomic E-state index is 0.0842. The van der Waals surface area contributed by atoms with E-state index in [1.165, 1.54) is 5.56 Å². The number of carbonyl (C=O) groups is 2. The highest BCUT2D eigenvalue weighted by atomic mass is 16.5. The lowest BCUT2D eigenvalue weighted by molar-refractivity contribution is -0.116. The highest BCUT2D eigenvalue weighted by molar-refractivity contribution is 6.08. The SMILES string of the molecule is CCOc1ccc(C(=O)[C@@H]2CC(=O)Nc3c2c(C)nn3-c2cccc(CC)c2)cc1. The Morgan fingerprint density at radius 2 is 1.97 bits per heavy atom. The van der Waals surface area contributed by atoms with E-state index in [0.29, 0.717) is 18.0 Å². The Kier molecular flexibility index (Phi) is 5.40. The molecule has 4 rings (SSSR count). The van der Waals surface area contributed by atoms with Crippen LogP contribution in [0.25, 0.3) is 5.69 Å². The van der Waals surface area contributed by atoms with Gasteiger partial charge in [0.2, 0.25) is 5.91 Å². The van der Waals surface area contributed by atoms with E-state index < -0.39 is 5.92 Å². The smallest absolute Gasteiger partial charge is 0.226 e. The number of ketones is 1. The van der Waals surface area contributed by atoms with Crippen molar-refractivity contribution in [3.05, 3.63) is 70.9 Å². The molecule has 0 radical (unpaired) electrons. The van der Waals surface area contributed by atoms with Crippen LogP contribution in [0.2, 0.25) is 0 Å². The molecule has 3 aromatic rings. The van der Waals surface area contributed by atoms with E-state index in [1.807, 2.05) is 26.0 Å². The summed E-state index contributed by atoms with van der Waals surface area (Å²) in [5.41, 5.74) is 4.14. The van der Waals surface area contributed by atoms with Crippen molar-refractivity contribution in [2.24, 2.45) is 0 Å². The molecule has 0 bridgehead atoms. The predicted octanol–water partition coefficient (Wildman–Crippen LogP) is 4.45. The van der Waals surface area contributed by atoms with Gasteiger partial charge in [0.25, 0.3) is 0 Å². The largest absolute Gasteiger partial charge is 0.494 e. The Labute approximate surface area is 175 Å². The van der Waals surface area contributed by atoms with Crippen molar-refractivity contribution in [3.8, 4) is 11.4 Å². The maximum atomic E-state index is 13.3. The molecule has 1 N–H and O–H groups in total. The molecule has 0 unspecified atom stereocenters.